The number of likely N-dealkylation sites (N-methyl/N-ethyl adjacent to an activating group) is 1. The van der Waals surface area contributed by atoms with E-state index >= 15 is 0 Å². The maximum Gasteiger partial charge on any atom is 0.149 e. The van der Waals surface area contributed by atoms with Crippen LogP contribution in [0.25, 0.3) is 0 Å². The van der Waals surface area contributed by atoms with E-state index in [0.29, 0.717) is 11.2 Å². The van der Waals surface area contributed by atoms with E-state index < -0.39 is 0 Å². The molecule has 1 fully saturated rings. The molecule has 4 nitrogen and oxygen atoms in total. The van der Waals surface area contributed by atoms with Gasteiger partial charge < -0.3 is 10.2 Å². The van der Waals surface area contributed by atoms with Crippen LogP contribution in [0.2, 0.25) is 5.15 Å². The SMILES string of the molecule is CN(CC1CCCN1)c1cncc(Cl)n1. The fraction of sp³-hybridized carbons (Fsp3) is 0.600. The molecule has 0 saturated carbocycles. The van der Waals surface area contributed by atoms with Gasteiger partial charge in [0, 0.05) is 19.6 Å². The molecule has 82 valence electrons. The van der Waals surface area contributed by atoms with E-state index in [9.17, 15) is 0 Å². The first-order valence-electron chi connectivity index (χ1n) is 5.18. The van der Waals surface area contributed by atoms with Gasteiger partial charge in [0.25, 0.3) is 0 Å². The highest BCUT2D eigenvalue weighted by molar-refractivity contribution is 6.29. The fourth-order valence-corrected chi connectivity index (χ4v) is 2.00. The van der Waals surface area contributed by atoms with E-state index in [4.69, 9.17) is 11.6 Å². The highest BCUT2D eigenvalue weighted by Crippen LogP contribution is 2.13. The number of anilines is 1. The highest BCUT2D eigenvalue weighted by Gasteiger charge is 2.16. The van der Waals surface area contributed by atoms with Gasteiger partial charge in [0.2, 0.25) is 0 Å². The number of aromatic nitrogens is 2. The van der Waals surface area contributed by atoms with Crippen molar-refractivity contribution in [1.29, 1.82) is 0 Å². The minimum Gasteiger partial charge on any atom is -0.357 e. The number of nitrogens with zero attached hydrogens (tertiary/aromatic N) is 3. The van der Waals surface area contributed by atoms with E-state index in [2.05, 4.69) is 20.2 Å². The van der Waals surface area contributed by atoms with E-state index in [1.165, 1.54) is 12.8 Å². The Morgan fingerprint density at radius 2 is 2.47 bits per heavy atom. The lowest BCUT2D eigenvalue weighted by Crippen LogP contribution is -2.35. The van der Waals surface area contributed by atoms with Gasteiger partial charge >= 0.3 is 0 Å². The summed E-state index contributed by atoms with van der Waals surface area (Å²) in [6.45, 7) is 2.08. The van der Waals surface area contributed by atoms with Gasteiger partial charge in [-0.2, -0.15) is 0 Å². The van der Waals surface area contributed by atoms with Crippen molar-refractivity contribution in [3.63, 3.8) is 0 Å². The number of rotatable bonds is 3. The Balaban J connectivity index is 1.97. The standard InChI is InChI=1S/C10H15ClN4/c1-15(7-8-3-2-4-13-8)10-6-12-5-9(11)14-10/h5-6,8,13H,2-4,7H2,1H3. The Kier molecular flexibility index (Phi) is 3.38. The van der Waals surface area contributed by atoms with E-state index in [0.717, 1.165) is 18.9 Å². The van der Waals surface area contributed by atoms with Crippen molar-refractivity contribution in [2.75, 3.05) is 25.0 Å². The molecule has 15 heavy (non-hydrogen) atoms. The Bertz CT molecular complexity index is 325. The fourth-order valence-electron chi connectivity index (χ4n) is 1.85. The van der Waals surface area contributed by atoms with Crippen LogP contribution >= 0.6 is 11.6 Å². The normalized spacial score (nSPS) is 20.5. The number of hydrogen-bond acceptors (Lipinski definition) is 4. The summed E-state index contributed by atoms with van der Waals surface area (Å²) in [6.07, 6.45) is 5.78. The molecule has 2 heterocycles. The number of nitrogens with one attached hydrogen (secondary N) is 1. The third-order valence-corrected chi connectivity index (χ3v) is 2.82. The topological polar surface area (TPSA) is 41.0 Å². The lowest BCUT2D eigenvalue weighted by Gasteiger charge is -2.21. The first kappa shape index (κ1) is 10.6. The summed E-state index contributed by atoms with van der Waals surface area (Å²) in [7, 11) is 2.01. The predicted molar refractivity (Wildman–Crippen MR) is 61.3 cm³/mol. The van der Waals surface area contributed by atoms with E-state index in [1.807, 2.05) is 7.05 Å². The lowest BCUT2D eigenvalue weighted by atomic mass is 10.2. The van der Waals surface area contributed by atoms with Gasteiger partial charge in [0.15, 0.2) is 0 Å². The first-order chi connectivity index (χ1) is 7.25. The molecule has 0 spiro atoms. The molecule has 1 aromatic rings. The van der Waals surface area contributed by atoms with Gasteiger partial charge in [-0.15, -0.1) is 0 Å². The van der Waals surface area contributed by atoms with E-state index in [1.54, 1.807) is 12.4 Å². The minimum atomic E-state index is 0.443. The van der Waals surface area contributed by atoms with Gasteiger partial charge in [-0.1, -0.05) is 11.6 Å². The second kappa shape index (κ2) is 4.77. The molecule has 0 bridgehead atoms. The summed E-state index contributed by atoms with van der Waals surface area (Å²) in [6, 6.07) is 0.566. The zero-order valence-corrected chi connectivity index (χ0v) is 9.54. The molecule has 0 aliphatic carbocycles. The quantitative estimate of drug-likeness (QED) is 0.844. The van der Waals surface area contributed by atoms with Gasteiger partial charge in [-0.05, 0) is 19.4 Å². The van der Waals surface area contributed by atoms with Crippen molar-refractivity contribution in [2.24, 2.45) is 0 Å². The largest absolute Gasteiger partial charge is 0.357 e. The molecule has 1 atom stereocenters. The molecule has 5 heteroatoms. The number of halogens is 1. The Morgan fingerprint density at radius 1 is 1.60 bits per heavy atom. The monoisotopic (exact) mass is 226 g/mol. The van der Waals surface area contributed by atoms with Crippen LogP contribution in [0.15, 0.2) is 12.4 Å². The summed E-state index contributed by atoms with van der Waals surface area (Å²) in [5, 5.41) is 3.89. The van der Waals surface area contributed by atoms with Crippen molar-refractivity contribution >= 4 is 17.4 Å². The average Bonchev–Trinajstić information content (AvgIpc) is 2.70. The maximum absolute atomic E-state index is 5.79. The Labute approximate surface area is 94.7 Å². The van der Waals surface area contributed by atoms with Crippen LogP contribution in [-0.4, -0.2) is 36.1 Å². The van der Waals surface area contributed by atoms with Gasteiger partial charge in [-0.25, -0.2) is 4.98 Å². The third-order valence-electron chi connectivity index (χ3n) is 2.64. The van der Waals surface area contributed by atoms with E-state index in [-0.39, 0.29) is 0 Å². The van der Waals surface area contributed by atoms with Crippen molar-refractivity contribution in [2.45, 2.75) is 18.9 Å². The average molecular weight is 227 g/mol. The molecule has 0 radical (unpaired) electrons. The van der Waals surface area contributed by atoms with Crippen LogP contribution in [-0.2, 0) is 0 Å². The number of hydrogen-bond donors (Lipinski definition) is 1. The molecule has 2 rings (SSSR count). The van der Waals surface area contributed by atoms with Crippen molar-refractivity contribution in [1.82, 2.24) is 15.3 Å². The predicted octanol–water partition coefficient (Wildman–Crippen LogP) is 1.32. The highest BCUT2D eigenvalue weighted by atomic mass is 35.5. The van der Waals surface area contributed by atoms with Crippen molar-refractivity contribution in [3.8, 4) is 0 Å². The summed E-state index contributed by atoms with van der Waals surface area (Å²) in [5.41, 5.74) is 0. The van der Waals surface area contributed by atoms with Gasteiger partial charge in [0.05, 0.1) is 12.4 Å². The molecule has 1 N–H and O–H groups in total. The summed E-state index contributed by atoms with van der Waals surface area (Å²) >= 11 is 5.79. The third kappa shape index (κ3) is 2.79. The maximum atomic E-state index is 5.79. The molecule has 0 amide bonds. The molecule has 1 aliphatic rings. The molecule has 0 aromatic carbocycles. The van der Waals surface area contributed by atoms with Crippen LogP contribution in [0.5, 0.6) is 0 Å². The lowest BCUT2D eigenvalue weighted by molar-refractivity contribution is 0.597. The molecular formula is C10H15ClN4. The summed E-state index contributed by atoms with van der Waals surface area (Å²) < 4.78 is 0. The summed E-state index contributed by atoms with van der Waals surface area (Å²) in [4.78, 5) is 10.3. The van der Waals surface area contributed by atoms with Crippen LogP contribution in [0, 0.1) is 0 Å². The molecule has 1 unspecified atom stereocenters. The Hall–Kier alpha value is -0.870. The second-order valence-electron chi connectivity index (χ2n) is 3.87. The van der Waals surface area contributed by atoms with Crippen LogP contribution in [0.3, 0.4) is 0 Å². The van der Waals surface area contributed by atoms with Gasteiger partial charge in [-0.3, -0.25) is 4.98 Å². The minimum absolute atomic E-state index is 0.443. The van der Waals surface area contributed by atoms with Crippen molar-refractivity contribution in [3.05, 3.63) is 17.5 Å². The van der Waals surface area contributed by atoms with Crippen molar-refractivity contribution < 1.29 is 0 Å². The van der Waals surface area contributed by atoms with Crippen LogP contribution in [0.4, 0.5) is 5.82 Å². The van der Waals surface area contributed by atoms with Crippen LogP contribution < -0.4 is 10.2 Å². The zero-order valence-electron chi connectivity index (χ0n) is 8.78. The smallest absolute Gasteiger partial charge is 0.149 e. The molecule has 1 aliphatic heterocycles. The molecule has 1 saturated heterocycles. The Morgan fingerprint density at radius 3 is 3.13 bits per heavy atom. The zero-order chi connectivity index (χ0) is 10.7. The van der Waals surface area contributed by atoms with Gasteiger partial charge in [0.1, 0.15) is 11.0 Å². The molecule has 1 aromatic heterocycles. The first-order valence-corrected chi connectivity index (χ1v) is 5.55. The second-order valence-corrected chi connectivity index (χ2v) is 4.26. The van der Waals surface area contributed by atoms with Crippen LogP contribution in [0.1, 0.15) is 12.8 Å². The molecular weight excluding hydrogens is 212 g/mol. The summed E-state index contributed by atoms with van der Waals surface area (Å²) in [5.74, 6) is 0.830.